The molecule has 0 saturated heterocycles. The molecule has 0 spiro atoms. The Kier molecular flexibility index (Phi) is 3.97. The summed E-state index contributed by atoms with van der Waals surface area (Å²) in [7, 11) is 0. The third-order valence-electron chi connectivity index (χ3n) is 1.45. The molecule has 1 aromatic heterocycles. The molecule has 6 heteroatoms. The molecule has 0 aromatic carbocycles. The van der Waals surface area contributed by atoms with Crippen molar-refractivity contribution >= 4 is 17.7 Å². The van der Waals surface area contributed by atoms with Crippen LogP contribution in [0.5, 0.6) is 0 Å². The normalized spacial score (nSPS) is 10.4. The van der Waals surface area contributed by atoms with Crippen LogP contribution >= 0.6 is 11.8 Å². The number of rotatable bonds is 4. The van der Waals surface area contributed by atoms with E-state index in [1.54, 1.807) is 6.92 Å². The Labute approximate surface area is 84.7 Å². The maximum Gasteiger partial charge on any atom is 0.290 e. The molecule has 78 valence electrons. The minimum atomic E-state index is -0.447. The van der Waals surface area contributed by atoms with Crippen LogP contribution in [0.3, 0.4) is 0 Å². The number of hydrogen-bond acceptors (Lipinski definition) is 5. The average molecular weight is 217 g/mol. The molecule has 1 rings (SSSR count). The molecule has 0 radical (unpaired) electrons. The van der Waals surface area contributed by atoms with Gasteiger partial charge in [0.15, 0.2) is 0 Å². The van der Waals surface area contributed by atoms with Gasteiger partial charge in [0.2, 0.25) is 0 Å². The fourth-order valence-electron chi connectivity index (χ4n) is 0.904. The molecule has 14 heavy (non-hydrogen) atoms. The third kappa shape index (κ3) is 2.74. The van der Waals surface area contributed by atoms with Crippen molar-refractivity contribution in [2.45, 2.75) is 6.92 Å². The van der Waals surface area contributed by atoms with Crippen molar-refractivity contribution in [3.05, 3.63) is 22.2 Å². The molecule has 0 bridgehead atoms. The van der Waals surface area contributed by atoms with Gasteiger partial charge in [-0.1, -0.05) is 0 Å². The Morgan fingerprint density at radius 1 is 1.71 bits per heavy atom. The van der Waals surface area contributed by atoms with E-state index >= 15 is 0 Å². The van der Waals surface area contributed by atoms with E-state index in [-0.39, 0.29) is 12.4 Å². The molecular weight excluding hydrogens is 206 g/mol. The molecule has 0 fully saturated rings. The van der Waals surface area contributed by atoms with Gasteiger partial charge in [0.25, 0.3) is 11.5 Å². The number of thioether (sulfide) groups is 1. The first-order chi connectivity index (χ1) is 6.65. The predicted octanol–water partition coefficient (Wildman–Crippen LogP) is 0.115. The Bertz CT molecular complexity index is 368. The molecule has 1 heterocycles. The van der Waals surface area contributed by atoms with Gasteiger partial charge in [-0.3, -0.25) is 9.59 Å². The van der Waals surface area contributed by atoms with Gasteiger partial charge in [-0.15, -0.1) is 16.5 Å². The molecule has 1 N–H and O–H groups in total. The maximum atomic E-state index is 11.3. The average Bonchev–Trinajstić information content (AvgIpc) is 2.45. The summed E-state index contributed by atoms with van der Waals surface area (Å²) >= 11 is 1.25. The van der Waals surface area contributed by atoms with Gasteiger partial charge < -0.3 is 9.63 Å². The van der Waals surface area contributed by atoms with Gasteiger partial charge in [-0.05, 0) is 6.92 Å². The van der Waals surface area contributed by atoms with Crippen molar-refractivity contribution in [3.8, 4) is 0 Å². The van der Waals surface area contributed by atoms with E-state index in [4.69, 9.17) is 9.63 Å². The van der Waals surface area contributed by atoms with E-state index in [9.17, 15) is 9.59 Å². The van der Waals surface area contributed by atoms with Gasteiger partial charge in [0.1, 0.15) is 5.76 Å². The molecule has 1 aromatic rings. The first kappa shape index (κ1) is 11.1. The Morgan fingerprint density at radius 2 is 2.43 bits per heavy atom. The number of aliphatic hydroxyl groups is 1. The Balaban J connectivity index is 2.61. The molecule has 0 aliphatic carbocycles. The number of aryl methyl sites for hydroxylation is 1. The number of hydrogen-bond donors (Lipinski definition) is 1. The highest BCUT2D eigenvalue weighted by atomic mass is 32.2. The zero-order chi connectivity index (χ0) is 10.6. The van der Waals surface area contributed by atoms with Crippen molar-refractivity contribution in [2.75, 3.05) is 18.1 Å². The largest absolute Gasteiger partial charge is 0.396 e. The fraction of sp³-hybridized carbons (Fsp3) is 0.500. The monoisotopic (exact) mass is 217 g/mol. The van der Waals surface area contributed by atoms with Gasteiger partial charge in [-0.2, -0.15) is 0 Å². The number of aromatic nitrogens is 1. The lowest BCUT2D eigenvalue weighted by Crippen LogP contribution is -2.23. The minimum absolute atomic E-state index is 0.0179. The predicted molar refractivity (Wildman–Crippen MR) is 52.7 cm³/mol. The van der Waals surface area contributed by atoms with E-state index in [1.807, 2.05) is 0 Å². The van der Waals surface area contributed by atoms with Crippen LogP contribution in [0.15, 0.2) is 15.4 Å². The lowest BCUT2D eigenvalue weighted by molar-refractivity contribution is 0.0813. The summed E-state index contributed by atoms with van der Waals surface area (Å²) in [4.78, 5) is 22.4. The molecule has 5 nitrogen and oxygen atoms in total. The fourth-order valence-corrected chi connectivity index (χ4v) is 1.47. The molecular formula is C8H11NO4S. The van der Waals surface area contributed by atoms with Crippen molar-refractivity contribution in [3.63, 3.8) is 0 Å². The van der Waals surface area contributed by atoms with Gasteiger partial charge in [0, 0.05) is 11.8 Å². The second-order valence-corrected chi connectivity index (χ2v) is 3.75. The molecule has 0 atom stereocenters. The summed E-state index contributed by atoms with van der Waals surface area (Å²) in [5, 5.41) is 8.48. The second-order valence-electron chi connectivity index (χ2n) is 2.65. The van der Waals surface area contributed by atoms with Crippen LogP contribution in [-0.2, 0) is 0 Å². The van der Waals surface area contributed by atoms with E-state index < -0.39 is 11.5 Å². The van der Waals surface area contributed by atoms with Crippen LogP contribution in [0.2, 0.25) is 0 Å². The van der Waals surface area contributed by atoms with Crippen molar-refractivity contribution in [2.24, 2.45) is 0 Å². The van der Waals surface area contributed by atoms with Gasteiger partial charge in [0.05, 0.1) is 12.4 Å². The highest BCUT2D eigenvalue weighted by Gasteiger charge is 2.11. The topological polar surface area (TPSA) is 72.4 Å². The van der Waals surface area contributed by atoms with Crippen LogP contribution in [0.1, 0.15) is 10.6 Å². The van der Waals surface area contributed by atoms with E-state index in [1.165, 1.54) is 17.8 Å². The smallest absolute Gasteiger partial charge is 0.290 e. The molecule has 0 aliphatic heterocycles. The second kappa shape index (κ2) is 5.02. The zero-order valence-corrected chi connectivity index (χ0v) is 8.54. The van der Waals surface area contributed by atoms with E-state index in [2.05, 4.69) is 0 Å². The van der Waals surface area contributed by atoms with Gasteiger partial charge >= 0.3 is 0 Å². The molecule has 0 unspecified atom stereocenters. The molecule has 0 aliphatic rings. The summed E-state index contributed by atoms with van der Waals surface area (Å²) in [6, 6.07) is 1.26. The highest BCUT2D eigenvalue weighted by molar-refractivity contribution is 7.99. The Morgan fingerprint density at radius 3 is 2.93 bits per heavy atom. The lowest BCUT2D eigenvalue weighted by Gasteiger charge is -1.97. The van der Waals surface area contributed by atoms with E-state index in [0.29, 0.717) is 11.5 Å². The number of nitrogens with zero attached hydrogens (tertiary/aromatic N) is 1. The summed E-state index contributed by atoms with van der Waals surface area (Å²) in [5.41, 5.74) is -0.447. The minimum Gasteiger partial charge on any atom is -0.396 e. The van der Waals surface area contributed by atoms with Crippen molar-refractivity contribution in [1.29, 1.82) is 0 Å². The van der Waals surface area contributed by atoms with E-state index in [0.717, 1.165) is 4.74 Å². The quantitative estimate of drug-likeness (QED) is 0.725. The zero-order valence-electron chi connectivity index (χ0n) is 7.73. The number of aliphatic hydroxyl groups excluding tert-OH is 1. The van der Waals surface area contributed by atoms with Crippen LogP contribution in [0, 0.1) is 6.92 Å². The summed E-state index contributed by atoms with van der Waals surface area (Å²) in [5.74, 6) is 0.616. The molecule has 0 saturated carbocycles. The van der Waals surface area contributed by atoms with Crippen LogP contribution in [0.4, 0.5) is 0 Å². The van der Waals surface area contributed by atoms with Crippen LogP contribution in [-0.4, -0.2) is 33.9 Å². The first-order valence-electron chi connectivity index (χ1n) is 4.07. The lowest BCUT2D eigenvalue weighted by atomic mass is 10.5. The number of carbonyl (C=O) groups excluding carboxylic acids is 1. The maximum absolute atomic E-state index is 11.3. The summed E-state index contributed by atoms with van der Waals surface area (Å²) < 4.78 is 5.62. The van der Waals surface area contributed by atoms with Crippen LogP contribution < -0.4 is 5.56 Å². The van der Waals surface area contributed by atoms with Gasteiger partial charge in [-0.25, -0.2) is 0 Å². The standard InChI is InChI=1S/C8H11NO4S/c1-6-4-7(11)9(13-6)8(12)5-14-3-2-10/h4,10H,2-3,5H2,1H3. The van der Waals surface area contributed by atoms with Crippen LogP contribution in [0.25, 0.3) is 0 Å². The Hall–Kier alpha value is -1.01. The molecule has 0 amide bonds. The summed E-state index contributed by atoms with van der Waals surface area (Å²) in [6.45, 7) is 1.62. The SMILES string of the molecule is Cc1cc(=O)n(C(=O)CSCCO)o1. The van der Waals surface area contributed by atoms with Crippen molar-refractivity contribution < 1.29 is 14.4 Å². The highest BCUT2D eigenvalue weighted by Crippen LogP contribution is 2.01. The van der Waals surface area contributed by atoms with Crippen molar-refractivity contribution in [1.82, 2.24) is 4.74 Å². The first-order valence-corrected chi connectivity index (χ1v) is 5.22. The summed E-state index contributed by atoms with van der Waals surface area (Å²) in [6.07, 6.45) is 0. The number of carbonyl (C=O) groups is 1. The third-order valence-corrected chi connectivity index (χ3v) is 2.37.